The van der Waals surface area contributed by atoms with E-state index in [0.29, 0.717) is 0 Å². The van der Waals surface area contributed by atoms with Crippen molar-refractivity contribution in [2.75, 3.05) is 11.4 Å². The van der Waals surface area contributed by atoms with Crippen molar-refractivity contribution in [3.63, 3.8) is 0 Å². The van der Waals surface area contributed by atoms with Gasteiger partial charge in [0.05, 0.1) is 12.0 Å². The number of aryl methyl sites for hydroxylation is 1. The molecule has 1 aromatic carbocycles. The molecule has 1 saturated carbocycles. The van der Waals surface area contributed by atoms with Crippen molar-refractivity contribution < 1.29 is 9.90 Å². The highest BCUT2D eigenvalue weighted by Crippen LogP contribution is 2.34. The number of benzene rings is 1. The highest BCUT2D eigenvalue weighted by molar-refractivity contribution is 9.10. The Morgan fingerprint density at radius 2 is 2.16 bits per heavy atom. The molecule has 1 N–H and O–H groups in total. The van der Waals surface area contributed by atoms with Crippen molar-refractivity contribution in [2.24, 2.45) is 5.92 Å². The van der Waals surface area contributed by atoms with Crippen LogP contribution in [0, 0.1) is 5.92 Å². The van der Waals surface area contributed by atoms with Crippen LogP contribution in [0.2, 0.25) is 0 Å². The van der Waals surface area contributed by atoms with Gasteiger partial charge in [-0.2, -0.15) is 0 Å². The van der Waals surface area contributed by atoms with Gasteiger partial charge in [0.15, 0.2) is 0 Å². The van der Waals surface area contributed by atoms with Gasteiger partial charge in [-0.25, -0.2) is 0 Å². The second-order valence-electron chi connectivity index (χ2n) is 5.47. The van der Waals surface area contributed by atoms with Crippen LogP contribution >= 0.6 is 15.9 Å². The maximum Gasteiger partial charge on any atom is 0.232 e. The summed E-state index contributed by atoms with van der Waals surface area (Å²) in [7, 11) is 0. The standard InChI is InChI=1S/C15H18BrNO2/c16-11-6-7-13-10(9-11)3-2-8-17(13)15(19)12-4-1-5-14(12)18/h6-7,9,12,14,18H,1-5,8H2. The summed E-state index contributed by atoms with van der Waals surface area (Å²) in [4.78, 5) is 14.5. The van der Waals surface area contributed by atoms with Crippen LogP contribution in [0.15, 0.2) is 22.7 Å². The SMILES string of the molecule is O=C(C1CCCC1O)N1CCCc2cc(Br)ccc21. The topological polar surface area (TPSA) is 40.5 Å². The molecular weight excluding hydrogens is 306 g/mol. The highest BCUT2D eigenvalue weighted by atomic mass is 79.9. The third kappa shape index (κ3) is 2.43. The van der Waals surface area contributed by atoms with Gasteiger partial charge in [-0.3, -0.25) is 4.79 Å². The van der Waals surface area contributed by atoms with Crippen LogP contribution < -0.4 is 4.90 Å². The normalized spacial score (nSPS) is 26.3. The monoisotopic (exact) mass is 323 g/mol. The molecule has 2 atom stereocenters. The van der Waals surface area contributed by atoms with Crippen LogP contribution in [0.4, 0.5) is 5.69 Å². The zero-order valence-corrected chi connectivity index (χ0v) is 12.4. The molecule has 1 heterocycles. The lowest BCUT2D eigenvalue weighted by molar-refractivity contribution is -0.124. The summed E-state index contributed by atoms with van der Waals surface area (Å²) < 4.78 is 1.06. The number of halogens is 1. The molecule has 0 saturated heterocycles. The Balaban J connectivity index is 1.89. The summed E-state index contributed by atoms with van der Waals surface area (Å²) in [5.41, 5.74) is 2.25. The fourth-order valence-corrected chi connectivity index (χ4v) is 3.63. The van der Waals surface area contributed by atoms with E-state index < -0.39 is 6.10 Å². The first-order chi connectivity index (χ1) is 9.16. The molecule has 1 aliphatic carbocycles. The second-order valence-corrected chi connectivity index (χ2v) is 6.39. The lowest BCUT2D eigenvalue weighted by Gasteiger charge is -2.32. The molecule has 1 aliphatic heterocycles. The van der Waals surface area contributed by atoms with Gasteiger partial charge in [0.25, 0.3) is 0 Å². The Hall–Kier alpha value is -0.870. The number of anilines is 1. The van der Waals surface area contributed by atoms with Crippen LogP contribution in [0.3, 0.4) is 0 Å². The molecule has 1 amide bonds. The number of aliphatic hydroxyl groups is 1. The Bertz CT molecular complexity index is 503. The molecule has 0 radical (unpaired) electrons. The zero-order valence-electron chi connectivity index (χ0n) is 10.8. The predicted octanol–water partition coefficient (Wildman–Crippen LogP) is 2.89. The molecule has 2 unspecified atom stereocenters. The van der Waals surface area contributed by atoms with E-state index in [0.717, 1.165) is 48.8 Å². The van der Waals surface area contributed by atoms with Crippen LogP contribution in [0.25, 0.3) is 0 Å². The molecule has 19 heavy (non-hydrogen) atoms. The number of fused-ring (bicyclic) bond motifs is 1. The van der Waals surface area contributed by atoms with E-state index in [4.69, 9.17) is 0 Å². The maximum absolute atomic E-state index is 12.6. The molecule has 0 bridgehead atoms. The van der Waals surface area contributed by atoms with Crippen molar-refractivity contribution >= 4 is 27.5 Å². The van der Waals surface area contributed by atoms with Crippen molar-refractivity contribution in [3.05, 3.63) is 28.2 Å². The van der Waals surface area contributed by atoms with Crippen molar-refractivity contribution in [2.45, 2.75) is 38.2 Å². The smallest absolute Gasteiger partial charge is 0.232 e. The number of rotatable bonds is 1. The maximum atomic E-state index is 12.6. The van der Waals surface area contributed by atoms with Gasteiger partial charge in [-0.15, -0.1) is 0 Å². The van der Waals surface area contributed by atoms with Gasteiger partial charge >= 0.3 is 0 Å². The van der Waals surface area contributed by atoms with E-state index in [2.05, 4.69) is 22.0 Å². The summed E-state index contributed by atoms with van der Waals surface area (Å²) in [6.45, 7) is 0.774. The molecule has 3 nitrogen and oxygen atoms in total. The molecule has 3 rings (SSSR count). The summed E-state index contributed by atoms with van der Waals surface area (Å²) in [6.07, 6.45) is 4.11. The van der Waals surface area contributed by atoms with Crippen molar-refractivity contribution in [1.82, 2.24) is 0 Å². The van der Waals surface area contributed by atoms with Crippen LogP contribution in [0.1, 0.15) is 31.2 Å². The number of amides is 1. The third-order valence-electron chi connectivity index (χ3n) is 4.22. The quantitative estimate of drug-likeness (QED) is 0.863. The number of aliphatic hydroxyl groups excluding tert-OH is 1. The molecule has 0 aromatic heterocycles. The van der Waals surface area contributed by atoms with Crippen LogP contribution in [-0.4, -0.2) is 23.7 Å². The lowest BCUT2D eigenvalue weighted by Crippen LogP contribution is -2.41. The molecule has 1 fully saturated rings. The molecule has 0 spiro atoms. The number of hydrogen-bond acceptors (Lipinski definition) is 2. The average Bonchev–Trinajstić information content (AvgIpc) is 2.83. The minimum Gasteiger partial charge on any atom is -0.392 e. The largest absolute Gasteiger partial charge is 0.392 e. The van der Waals surface area contributed by atoms with Crippen LogP contribution in [0.5, 0.6) is 0 Å². The number of carbonyl (C=O) groups excluding carboxylic acids is 1. The van der Waals surface area contributed by atoms with E-state index >= 15 is 0 Å². The van der Waals surface area contributed by atoms with Gasteiger partial charge in [0, 0.05) is 16.7 Å². The predicted molar refractivity (Wildman–Crippen MR) is 78.2 cm³/mol. The van der Waals surface area contributed by atoms with Gasteiger partial charge in [-0.1, -0.05) is 15.9 Å². The minimum atomic E-state index is -0.451. The van der Waals surface area contributed by atoms with Gasteiger partial charge < -0.3 is 10.0 Å². The van der Waals surface area contributed by atoms with E-state index in [1.807, 2.05) is 17.0 Å². The van der Waals surface area contributed by atoms with E-state index in [-0.39, 0.29) is 11.8 Å². The lowest BCUT2D eigenvalue weighted by atomic mass is 9.98. The molecule has 4 heteroatoms. The molecular formula is C15H18BrNO2. The Labute approximate surface area is 121 Å². The summed E-state index contributed by atoms with van der Waals surface area (Å²) in [6, 6.07) is 6.09. The fraction of sp³-hybridized carbons (Fsp3) is 0.533. The molecule has 1 aromatic rings. The van der Waals surface area contributed by atoms with Crippen molar-refractivity contribution in [1.29, 1.82) is 0 Å². The first-order valence-electron chi connectivity index (χ1n) is 6.94. The van der Waals surface area contributed by atoms with Gasteiger partial charge in [-0.05, 0) is 55.9 Å². The van der Waals surface area contributed by atoms with Gasteiger partial charge in [0.2, 0.25) is 5.91 Å². The van der Waals surface area contributed by atoms with Gasteiger partial charge in [0.1, 0.15) is 0 Å². The van der Waals surface area contributed by atoms with E-state index in [1.165, 1.54) is 5.56 Å². The Kier molecular flexibility index (Phi) is 3.63. The third-order valence-corrected chi connectivity index (χ3v) is 4.72. The van der Waals surface area contributed by atoms with E-state index in [1.54, 1.807) is 0 Å². The Morgan fingerprint density at radius 3 is 2.89 bits per heavy atom. The Morgan fingerprint density at radius 1 is 1.32 bits per heavy atom. The molecule has 102 valence electrons. The number of hydrogen-bond donors (Lipinski definition) is 1. The van der Waals surface area contributed by atoms with Crippen molar-refractivity contribution in [3.8, 4) is 0 Å². The summed E-state index contributed by atoms with van der Waals surface area (Å²) in [5.74, 6) is -0.0946. The van der Waals surface area contributed by atoms with Crippen LogP contribution in [-0.2, 0) is 11.2 Å². The summed E-state index contributed by atoms with van der Waals surface area (Å²) in [5, 5.41) is 9.93. The first-order valence-corrected chi connectivity index (χ1v) is 7.74. The second kappa shape index (κ2) is 5.25. The molecule has 2 aliphatic rings. The summed E-state index contributed by atoms with van der Waals surface area (Å²) >= 11 is 3.48. The minimum absolute atomic E-state index is 0.105. The first kappa shape index (κ1) is 13.1. The average molecular weight is 324 g/mol. The van der Waals surface area contributed by atoms with E-state index in [9.17, 15) is 9.90 Å². The number of carbonyl (C=O) groups is 1. The fourth-order valence-electron chi connectivity index (χ4n) is 3.22. The highest BCUT2D eigenvalue weighted by Gasteiger charge is 2.36. The zero-order chi connectivity index (χ0) is 13.4. The number of nitrogens with zero attached hydrogens (tertiary/aromatic N) is 1.